The first-order valence-electron chi connectivity index (χ1n) is 13.2. The Labute approximate surface area is 238 Å². The number of rotatable bonds is 5. The maximum Gasteiger partial charge on any atom is 0.411 e. The molecule has 9 nitrogen and oxygen atoms in total. The minimum absolute atomic E-state index is 0.0365. The number of hydrogen-bond acceptors (Lipinski definition) is 6. The van der Waals surface area contributed by atoms with E-state index in [9.17, 15) is 14.4 Å². The Morgan fingerprint density at radius 3 is 2.20 bits per heavy atom. The Morgan fingerprint density at radius 1 is 0.925 bits per heavy atom. The molecule has 3 aromatic rings. The Hall–Kier alpha value is -3.92. The van der Waals surface area contributed by atoms with Crippen LogP contribution >= 0.6 is 11.8 Å². The number of hydrogen-bond donors (Lipinski definition) is 3. The molecule has 0 aliphatic carbocycles. The number of carbonyl (C=O) groups is 3. The molecule has 0 spiro atoms. The molecule has 3 aromatic carbocycles. The molecule has 2 saturated heterocycles. The van der Waals surface area contributed by atoms with Crippen molar-refractivity contribution in [3.8, 4) is 5.75 Å². The van der Waals surface area contributed by atoms with Gasteiger partial charge in [-0.15, -0.1) is 0 Å². The zero-order valence-electron chi connectivity index (χ0n) is 23.3. The van der Waals surface area contributed by atoms with E-state index in [0.29, 0.717) is 33.9 Å². The second kappa shape index (κ2) is 10.9. The van der Waals surface area contributed by atoms with Gasteiger partial charge in [-0.1, -0.05) is 45.0 Å². The average molecular weight is 563 g/mol. The first-order valence-corrected chi connectivity index (χ1v) is 14.2. The van der Waals surface area contributed by atoms with Crippen molar-refractivity contribution in [2.75, 3.05) is 42.5 Å². The highest BCUT2D eigenvalue weighted by atomic mass is 32.2. The number of nitrogens with zero attached hydrogens (tertiary/aromatic N) is 1. The molecule has 3 N–H and O–H groups in total. The summed E-state index contributed by atoms with van der Waals surface area (Å²) < 4.78 is 10.3. The predicted octanol–water partition coefficient (Wildman–Crippen LogP) is 6.30. The molecule has 5 rings (SSSR count). The molecule has 2 aliphatic heterocycles. The van der Waals surface area contributed by atoms with E-state index in [2.05, 4.69) is 16.0 Å². The van der Waals surface area contributed by atoms with Crippen LogP contribution in [0.4, 0.5) is 26.7 Å². The number of likely N-dealkylation sites (tertiary alicyclic amines) is 1. The van der Waals surface area contributed by atoms with Crippen LogP contribution in [0.15, 0.2) is 48.5 Å². The summed E-state index contributed by atoms with van der Waals surface area (Å²) in [7, 11) is 2.74. The minimum Gasteiger partial charge on any atom is -0.492 e. The average Bonchev–Trinajstić information content (AvgIpc) is 3.56. The molecular formula is C30H34N4O5S. The maximum absolute atomic E-state index is 13.5. The summed E-state index contributed by atoms with van der Waals surface area (Å²) in [5.74, 6) is 1.32. The Morgan fingerprint density at radius 2 is 1.60 bits per heavy atom. The van der Waals surface area contributed by atoms with Gasteiger partial charge < -0.3 is 25.0 Å². The summed E-state index contributed by atoms with van der Waals surface area (Å²) in [6, 6.07) is 14.6. The van der Waals surface area contributed by atoms with Gasteiger partial charge >= 0.3 is 12.1 Å². The number of carbonyl (C=O) groups excluding carboxylic acids is 3. The molecule has 2 fully saturated rings. The van der Waals surface area contributed by atoms with Crippen LogP contribution in [0.1, 0.15) is 43.1 Å². The fraction of sp³-hybridized carbons (Fsp3) is 0.367. The standard InChI is InChI=1S/C30H34N4O5S/c1-30(2,3)17-12-24(26(38-4)25(13-17)33-29(37)39-5)32-28(36)31-23-11-10-22(20-8-6-7-9-21(20)23)27(35)34-15-19-14-18(34)16-40-19/h6-13,18-19H,14-16H2,1-5H3,(H,33,37)(H2,31,32,36)/t18-,19-/m0/s1. The van der Waals surface area contributed by atoms with Crippen LogP contribution in [0.25, 0.3) is 10.8 Å². The van der Waals surface area contributed by atoms with Crippen molar-refractivity contribution in [2.24, 2.45) is 0 Å². The first-order chi connectivity index (χ1) is 19.1. The van der Waals surface area contributed by atoms with Gasteiger partial charge in [0.1, 0.15) is 0 Å². The third kappa shape index (κ3) is 5.40. The highest BCUT2D eigenvalue weighted by Gasteiger charge is 2.41. The smallest absolute Gasteiger partial charge is 0.411 e. The number of ether oxygens (including phenoxy) is 2. The van der Waals surface area contributed by atoms with Gasteiger partial charge in [0.25, 0.3) is 5.91 Å². The quantitative estimate of drug-likeness (QED) is 0.337. The van der Waals surface area contributed by atoms with Crippen LogP contribution in [0.3, 0.4) is 0 Å². The molecule has 0 unspecified atom stereocenters. The van der Waals surface area contributed by atoms with Gasteiger partial charge in [0.05, 0.1) is 31.3 Å². The number of amides is 4. The van der Waals surface area contributed by atoms with Crippen molar-refractivity contribution in [1.82, 2.24) is 4.90 Å². The highest BCUT2D eigenvalue weighted by molar-refractivity contribution is 8.00. The summed E-state index contributed by atoms with van der Waals surface area (Å²) in [5.41, 5.74) is 2.56. The number of fused-ring (bicyclic) bond motifs is 3. The number of urea groups is 1. The Kier molecular flexibility index (Phi) is 7.55. The number of nitrogens with one attached hydrogen (secondary N) is 3. The van der Waals surface area contributed by atoms with Gasteiger partial charge in [-0.05, 0) is 47.1 Å². The van der Waals surface area contributed by atoms with Crippen LogP contribution < -0.4 is 20.7 Å². The molecule has 0 aromatic heterocycles. The third-order valence-corrected chi connectivity index (χ3v) is 8.78. The van der Waals surface area contributed by atoms with Crippen molar-refractivity contribution in [3.05, 3.63) is 59.7 Å². The van der Waals surface area contributed by atoms with Gasteiger partial charge in [0.2, 0.25) is 0 Å². The largest absolute Gasteiger partial charge is 0.492 e. The number of anilines is 3. The normalized spacial score (nSPS) is 18.0. The molecule has 2 heterocycles. The van der Waals surface area contributed by atoms with Crippen molar-refractivity contribution in [2.45, 2.75) is 43.9 Å². The van der Waals surface area contributed by atoms with Gasteiger partial charge in [-0.25, -0.2) is 9.59 Å². The summed E-state index contributed by atoms with van der Waals surface area (Å²) in [4.78, 5) is 40.8. The molecule has 0 radical (unpaired) electrons. The second-order valence-electron chi connectivity index (χ2n) is 11.1. The maximum atomic E-state index is 13.5. The minimum atomic E-state index is -0.651. The van der Waals surface area contributed by atoms with E-state index in [0.717, 1.165) is 35.1 Å². The SMILES string of the molecule is COC(=O)Nc1cc(C(C)(C)C)cc(NC(=O)Nc2ccc(C(=O)N3C[C@@H]4C[C@H]3CS4)c3ccccc23)c1OC. The van der Waals surface area contributed by atoms with Crippen LogP contribution in [0.5, 0.6) is 5.75 Å². The van der Waals surface area contributed by atoms with Crippen LogP contribution in [0.2, 0.25) is 0 Å². The molecule has 40 heavy (non-hydrogen) atoms. The lowest BCUT2D eigenvalue weighted by Crippen LogP contribution is -2.39. The first kappa shape index (κ1) is 27.6. The highest BCUT2D eigenvalue weighted by Crippen LogP contribution is 2.40. The van der Waals surface area contributed by atoms with Crippen molar-refractivity contribution in [1.29, 1.82) is 0 Å². The zero-order valence-corrected chi connectivity index (χ0v) is 24.1. The van der Waals surface area contributed by atoms with Crippen LogP contribution in [-0.2, 0) is 10.2 Å². The van der Waals surface area contributed by atoms with E-state index in [1.165, 1.54) is 14.2 Å². The van der Waals surface area contributed by atoms with E-state index < -0.39 is 12.1 Å². The fourth-order valence-electron chi connectivity index (χ4n) is 5.30. The van der Waals surface area contributed by atoms with Gasteiger partial charge in [0.15, 0.2) is 5.75 Å². The van der Waals surface area contributed by atoms with E-state index in [4.69, 9.17) is 9.47 Å². The summed E-state index contributed by atoms with van der Waals surface area (Å²) >= 11 is 1.95. The topological polar surface area (TPSA) is 109 Å². The summed E-state index contributed by atoms with van der Waals surface area (Å²) in [6.45, 7) is 6.87. The number of benzene rings is 3. The van der Waals surface area contributed by atoms with Crippen molar-refractivity contribution >= 4 is 57.6 Å². The van der Waals surface area contributed by atoms with Gasteiger partial charge in [-0.2, -0.15) is 11.8 Å². The fourth-order valence-corrected chi connectivity index (χ4v) is 6.74. The lowest BCUT2D eigenvalue weighted by Gasteiger charge is -2.27. The van der Waals surface area contributed by atoms with Gasteiger partial charge in [0, 0.05) is 34.5 Å². The van der Waals surface area contributed by atoms with Crippen LogP contribution in [-0.4, -0.2) is 60.7 Å². The predicted molar refractivity (Wildman–Crippen MR) is 160 cm³/mol. The molecule has 210 valence electrons. The van der Waals surface area contributed by atoms with Gasteiger partial charge in [-0.3, -0.25) is 10.1 Å². The molecule has 2 bridgehead atoms. The summed E-state index contributed by atoms with van der Waals surface area (Å²) in [6.07, 6.45) is 0.409. The Balaban J connectivity index is 1.43. The van der Waals surface area contributed by atoms with E-state index in [1.807, 2.05) is 67.8 Å². The lowest BCUT2D eigenvalue weighted by atomic mass is 9.86. The third-order valence-electron chi connectivity index (χ3n) is 7.39. The summed E-state index contributed by atoms with van der Waals surface area (Å²) in [5, 5.41) is 10.6. The zero-order chi connectivity index (χ0) is 28.6. The molecule has 10 heteroatoms. The van der Waals surface area contributed by atoms with E-state index in [-0.39, 0.29) is 17.1 Å². The number of thioether (sulfide) groups is 1. The molecule has 2 atom stereocenters. The lowest BCUT2D eigenvalue weighted by molar-refractivity contribution is 0.0749. The van der Waals surface area contributed by atoms with Crippen molar-refractivity contribution < 1.29 is 23.9 Å². The van der Waals surface area contributed by atoms with Crippen molar-refractivity contribution in [3.63, 3.8) is 0 Å². The van der Waals surface area contributed by atoms with E-state index >= 15 is 0 Å². The van der Waals surface area contributed by atoms with E-state index in [1.54, 1.807) is 18.2 Å². The molecule has 0 saturated carbocycles. The number of methoxy groups -OCH3 is 2. The van der Waals surface area contributed by atoms with Crippen LogP contribution in [0, 0.1) is 0 Å². The molecule has 4 amide bonds. The Bertz CT molecular complexity index is 1480. The molecule has 2 aliphatic rings. The monoisotopic (exact) mass is 562 g/mol. The second-order valence-corrected chi connectivity index (χ2v) is 12.4. The molecular weight excluding hydrogens is 528 g/mol.